The summed E-state index contributed by atoms with van der Waals surface area (Å²) in [5.74, 6) is -1.56. The molecule has 1 aliphatic carbocycles. The van der Waals surface area contributed by atoms with E-state index in [-0.39, 0.29) is 43.2 Å². The minimum Gasteiger partial charge on any atom is -0.479 e. The number of nitrogens with one attached hydrogen (secondary N) is 2. The van der Waals surface area contributed by atoms with Crippen LogP contribution in [0.1, 0.15) is 43.7 Å². The van der Waals surface area contributed by atoms with Crippen molar-refractivity contribution in [3.05, 3.63) is 59.7 Å². The van der Waals surface area contributed by atoms with Crippen LogP contribution in [0, 0.1) is 11.8 Å². The zero-order chi connectivity index (χ0) is 24.9. The molecule has 8 nitrogen and oxygen atoms in total. The Bertz CT molecular complexity index is 1040. The first-order chi connectivity index (χ1) is 16.8. The third kappa shape index (κ3) is 5.65. The molecule has 0 aromatic heterocycles. The number of carboxylic acid groups (broad SMARTS) is 1. The Kier molecular flexibility index (Phi) is 7.70. The summed E-state index contributed by atoms with van der Waals surface area (Å²) in [4.78, 5) is 36.4. The Morgan fingerprint density at radius 3 is 2.29 bits per heavy atom. The van der Waals surface area contributed by atoms with Crippen LogP contribution in [0.4, 0.5) is 4.79 Å². The molecule has 4 rings (SSSR count). The molecule has 2 aliphatic rings. The Labute approximate surface area is 205 Å². The highest BCUT2D eigenvalue weighted by atomic mass is 16.5. The van der Waals surface area contributed by atoms with Crippen LogP contribution in [0.25, 0.3) is 11.1 Å². The first-order valence-corrected chi connectivity index (χ1v) is 12.1. The molecule has 0 bridgehead atoms. The van der Waals surface area contributed by atoms with Crippen molar-refractivity contribution in [1.82, 2.24) is 10.6 Å². The Balaban J connectivity index is 1.30. The van der Waals surface area contributed by atoms with Gasteiger partial charge in [-0.25, -0.2) is 9.59 Å². The summed E-state index contributed by atoms with van der Waals surface area (Å²) in [5, 5.41) is 14.8. The fourth-order valence-corrected chi connectivity index (χ4v) is 4.88. The molecule has 186 valence electrons. The molecule has 1 saturated heterocycles. The lowest BCUT2D eigenvalue weighted by molar-refractivity contribution is -0.149. The fraction of sp³-hybridized carbons (Fsp3) is 0.444. The van der Waals surface area contributed by atoms with Crippen LogP contribution in [-0.4, -0.2) is 55.0 Å². The van der Waals surface area contributed by atoms with Crippen molar-refractivity contribution >= 4 is 18.0 Å². The SMILES string of the molecule is CC(C)[C@H](CC(=O)NC[C@@H]1CCO[C@@H]1C(=O)O)NC(=O)OCC1c2ccccc2-c2ccccc21. The number of carboxylic acids is 1. The van der Waals surface area contributed by atoms with Crippen LogP contribution in [-0.2, 0) is 19.1 Å². The molecule has 2 aromatic rings. The van der Waals surface area contributed by atoms with E-state index in [1.165, 1.54) is 0 Å². The normalized spacial score (nSPS) is 19.6. The number of carbonyl (C=O) groups is 3. The van der Waals surface area contributed by atoms with E-state index < -0.39 is 24.2 Å². The first kappa shape index (κ1) is 24.7. The Morgan fingerprint density at radius 2 is 1.69 bits per heavy atom. The molecule has 3 N–H and O–H groups in total. The van der Waals surface area contributed by atoms with Crippen molar-refractivity contribution in [2.45, 2.75) is 44.8 Å². The number of hydrogen-bond acceptors (Lipinski definition) is 5. The maximum atomic E-state index is 12.7. The third-order valence-electron chi connectivity index (χ3n) is 6.88. The molecule has 1 heterocycles. The van der Waals surface area contributed by atoms with Gasteiger partial charge < -0.3 is 25.2 Å². The molecule has 1 aliphatic heterocycles. The number of amides is 2. The molecule has 0 saturated carbocycles. The number of fused-ring (bicyclic) bond motifs is 3. The number of aliphatic carboxylic acids is 1. The third-order valence-corrected chi connectivity index (χ3v) is 6.88. The highest BCUT2D eigenvalue weighted by Gasteiger charge is 2.34. The number of rotatable bonds is 9. The van der Waals surface area contributed by atoms with Crippen molar-refractivity contribution in [3.63, 3.8) is 0 Å². The number of hydrogen-bond donors (Lipinski definition) is 3. The van der Waals surface area contributed by atoms with Gasteiger partial charge in [0.05, 0.1) is 0 Å². The number of ether oxygens (including phenoxy) is 2. The van der Waals surface area contributed by atoms with E-state index in [4.69, 9.17) is 9.47 Å². The summed E-state index contributed by atoms with van der Waals surface area (Å²) in [7, 11) is 0. The molecule has 0 unspecified atom stereocenters. The van der Waals surface area contributed by atoms with Gasteiger partial charge in [-0.1, -0.05) is 62.4 Å². The van der Waals surface area contributed by atoms with Crippen LogP contribution in [0.2, 0.25) is 0 Å². The Hall–Kier alpha value is -3.39. The molecule has 35 heavy (non-hydrogen) atoms. The standard InChI is InChI=1S/C27H32N2O6/c1-16(2)23(13-24(30)28-14-17-11-12-34-25(17)26(31)32)29-27(33)35-15-22-20-9-5-3-7-18(20)19-8-4-6-10-21(19)22/h3-10,16-17,22-23,25H,11-15H2,1-2H3,(H,28,30)(H,29,33)(H,31,32)/t17-,23-,25-/m0/s1. The van der Waals surface area contributed by atoms with Crippen molar-refractivity contribution in [2.24, 2.45) is 11.8 Å². The average Bonchev–Trinajstić information content (AvgIpc) is 3.44. The van der Waals surface area contributed by atoms with E-state index in [1.54, 1.807) is 0 Å². The quantitative estimate of drug-likeness (QED) is 0.506. The Morgan fingerprint density at radius 1 is 1.06 bits per heavy atom. The molecule has 8 heteroatoms. The maximum Gasteiger partial charge on any atom is 0.407 e. The second-order valence-corrected chi connectivity index (χ2v) is 9.51. The van der Waals surface area contributed by atoms with Gasteiger partial charge in [-0.3, -0.25) is 4.79 Å². The van der Waals surface area contributed by atoms with Gasteiger partial charge in [-0.15, -0.1) is 0 Å². The van der Waals surface area contributed by atoms with Crippen LogP contribution in [0.15, 0.2) is 48.5 Å². The number of alkyl carbamates (subject to hydrolysis) is 1. The predicted octanol–water partition coefficient (Wildman–Crippen LogP) is 3.55. The summed E-state index contributed by atoms with van der Waals surface area (Å²) in [6.07, 6.45) is -0.792. The lowest BCUT2D eigenvalue weighted by atomic mass is 9.98. The van der Waals surface area contributed by atoms with Crippen LogP contribution < -0.4 is 10.6 Å². The van der Waals surface area contributed by atoms with E-state index in [9.17, 15) is 19.5 Å². The van der Waals surface area contributed by atoms with E-state index in [0.717, 1.165) is 22.3 Å². The van der Waals surface area contributed by atoms with Crippen molar-refractivity contribution < 1.29 is 29.0 Å². The van der Waals surface area contributed by atoms with Crippen molar-refractivity contribution in [3.8, 4) is 11.1 Å². The lowest BCUT2D eigenvalue weighted by Crippen LogP contribution is -2.44. The zero-order valence-corrected chi connectivity index (χ0v) is 20.0. The summed E-state index contributed by atoms with van der Waals surface area (Å²) in [5.41, 5.74) is 4.59. The predicted molar refractivity (Wildman–Crippen MR) is 130 cm³/mol. The van der Waals surface area contributed by atoms with Gasteiger partial charge in [0, 0.05) is 37.5 Å². The van der Waals surface area contributed by atoms with Gasteiger partial charge >= 0.3 is 12.1 Å². The second-order valence-electron chi connectivity index (χ2n) is 9.51. The van der Waals surface area contributed by atoms with E-state index >= 15 is 0 Å². The zero-order valence-electron chi connectivity index (χ0n) is 20.0. The largest absolute Gasteiger partial charge is 0.479 e. The minimum atomic E-state index is -1.02. The van der Waals surface area contributed by atoms with Crippen molar-refractivity contribution in [2.75, 3.05) is 19.8 Å². The van der Waals surface area contributed by atoms with Gasteiger partial charge in [0.2, 0.25) is 5.91 Å². The van der Waals surface area contributed by atoms with Crippen LogP contribution in [0.5, 0.6) is 0 Å². The van der Waals surface area contributed by atoms with E-state index in [2.05, 4.69) is 34.9 Å². The monoisotopic (exact) mass is 480 g/mol. The number of benzene rings is 2. The summed E-state index contributed by atoms with van der Waals surface area (Å²) >= 11 is 0. The highest BCUT2D eigenvalue weighted by molar-refractivity contribution is 5.80. The van der Waals surface area contributed by atoms with Gasteiger partial charge in [0.1, 0.15) is 6.61 Å². The second kappa shape index (κ2) is 10.9. The van der Waals surface area contributed by atoms with Gasteiger partial charge in [0.25, 0.3) is 0 Å². The molecule has 1 fully saturated rings. The molecule has 3 atom stereocenters. The fourth-order valence-electron chi connectivity index (χ4n) is 4.88. The van der Waals surface area contributed by atoms with E-state index in [0.29, 0.717) is 13.0 Å². The summed E-state index contributed by atoms with van der Waals surface area (Å²) < 4.78 is 10.8. The molecule has 2 amide bonds. The van der Waals surface area contributed by atoms with Crippen LogP contribution in [0.3, 0.4) is 0 Å². The first-order valence-electron chi connectivity index (χ1n) is 12.1. The topological polar surface area (TPSA) is 114 Å². The van der Waals surface area contributed by atoms with Gasteiger partial charge in [0.15, 0.2) is 6.10 Å². The highest BCUT2D eigenvalue weighted by Crippen LogP contribution is 2.44. The van der Waals surface area contributed by atoms with E-state index in [1.807, 2.05) is 38.1 Å². The molecule has 0 radical (unpaired) electrons. The smallest absolute Gasteiger partial charge is 0.407 e. The molecule has 0 spiro atoms. The average molecular weight is 481 g/mol. The summed E-state index contributed by atoms with van der Waals surface area (Å²) in [6, 6.07) is 15.9. The van der Waals surface area contributed by atoms with Crippen LogP contribution >= 0.6 is 0 Å². The molecule has 2 aromatic carbocycles. The lowest BCUT2D eigenvalue weighted by Gasteiger charge is -2.23. The van der Waals surface area contributed by atoms with Gasteiger partial charge in [-0.2, -0.15) is 0 Å². The number of carbonyl (C=O) groups excluding carboxylic acids is 2. The van der Waals surface area contributed by atoms with Gasteiger partial charge in [-0.05, 0) is 34.6 Å². The van der Waals surface area contributed by atoms with Crippen molar-refractivity contribution in [1.29, 1.82) is 0 Å². The summed E-state index contributed by atoms with van der Waals surface area (Å²) in [6.45, 7) is 4.65. The molecular formula is C27H32N2O6. The maximum absolute atomic E-state index is 12.7. The molecular weight excluding hydrogens is 448 g/mol. The minimum absolute atomic E-state index is 0.00261.